The molecule has 3 aromatic rings. The van der Waals surface area contributed by atoms with Gasteiger partial charge >= 0.3 is 0 Å². The average molecular weight is 364 g/mol. The molecule has 2 aromatic carbocycles. The molecule has 0 aliphatic rings. The minimum absolute atomic E-state index is 0.162. The van der Waals surface area contributed by atoms with Gasteiger partial charge in [0.15, 0.2) is 6.61 Å². The van der Waals surface area contributed by atoms with E-state index in [0.717, 1.165) is 11.0 Å². The number of nitrogens with one attached hydrogen (secondary N) is 2. The standard InChI is InChI=1S/C17H15Cl2N3O2/c1-10(17-21-13-4-2-3-5-14(13)22-17)20-16(23)9-24-15-8-11(18)6-7-12(15)19/h2-8,10H,9H2,1H3,(H,20,23)(H,21,22)/t10-/m0/s1. The van der Waals surface area contributed by atoms with E-state index >= 15 is 0 Å². The lowest BCUT2D eigenvalue weighted by Crippen LogP contribution is -2.31. The number of para-hydroxylation sites is 2. The van der Waals surface area contributed by atoms with Gasteiger partial charge in [0, 0.05) is 11.1 Å². The number of imidazole rings is 1. The number of hydrogen-bond donors (Lipinski definition) is 2. The summed E-state index contributed by atoms with van der Waals surface area (Å²) in [6, 6.07) is 12.3. The number of aromatic amines is 1. The summed E-state index contributed by atoms with van der Waals surface area (Å²) in [6.45, 7) is 1.69. The first-order valence-electron chi connectivity index (χ1n) is 7.35. The molecular formula is C17H15Cl2N3O2. The Kier molecular flexibility index (Phi) is 4.92. The van der Waals surface area contributed by atoms with Crippen LogP contribution in [0.1, 0.15) is 18.8 Å². The molecule has 1 aromatic heterocycles. The van der Waals surface area contributed by atoms with E-state index in [9.17, 15) is 4.79 Å². The van der Waals surface area contributed by atoms with E-state index in [0.29, 0.717) is 21.6 Å². The fourth-order valence-electron chi connectivity index (χ4n) is 2.26. The van der Waals surface area contributed by atoms with Gasteiger partial charge in [-0.25, -0.2) is 4.98 Å². The van der Waals surface area contributed by atoms with Gasteiger partial charge in [-0.3, -0.25) is 4.79 Å². The van der Waals surface area contributed by atoms with Crippen LogP contribution in [0.3, 0.4) is 0 Å². The summed E-state index contributed by atoms with van der Waals surface area (Å²) in [4.78, 5) is 19.7. The lowest BCUT2D eigenvalue weighted by Gasteiger charge is -2.13. The first-order chi connectivity index (χ1) is 11.5. The maximum atomic E-state index is 12.1. The Hall–Kier alpha value is -2.24. The quantitative estimate of drug-likeness (QED) is 0.716. The van der Waals surface area contributed by atoms with Gasteiger partial charge in [0.25, 0.3) is 5.91 Å². The van der Waals surface area contributed by atoms with E-state index in [2.05, 4.69) is 15.3 Å². The molecule has 0 spiro atoms. The average Bonchev–Trinajstić information content (AvgIpc) is 3.00. The normalized spacial score (nSPS) is 12.1. The molecule has 0 bridgehead atoms. The lowest BCUT2D eigenvalue weighted by atomic mass is 10.3. The number of aromatic nitrogens is 2. The molecular weight excluding hydrogens is 349 g/mol. The molecule has 0 unspecified atom stereocenters. The van der Waals surface area contributed by atoms with Crippen molar-refractivity contribution in [3.63, 3.8) is 0 Å². The van der Waals surface area contributed by atoms with Crippen LogP contribution in [0.25, 0.3) is 11.0 Å². The van der Waals surface area contributed by atoms with E-state index < -0.39 is 0 Å². The number of rotatable bonds is 5. The van der Waals surface area contributed by atoms with Crippen molar-refractivity contribution in [2.24, 2.45) is 0 Å². The molecule has 5 nitrogen and oxygen atoms in total. The third-order valence-electron chi connectivity index (χ3n) is 3.45. The van der Waals surface area contributed by atoms with Crippen molar-refractivity contribution in [2.75, 3.05) is 6.61 Å². The number of hydrogen-bond acceptors (Lipinski definition) is 3. The second kappa shape index (κ2) is 7.11. The van der Waals surface area contributed by atoms with Crippen molar-refractivity contribution in [1.82, 2.24) is 15.3 Å². The largest absolute Gasteiger partial charge is 0.482 e. The van der Waals surface area contributed by atoms with Crippen LogP contribution in [0.15, 0.2) is 42.5 Å². The van der Waals surface area contributed by atoms with Crippen LogP contribution in [-0.4, -0.2) is 22.5 Å². The van der Waals surface area contributed by atoms with Crippen LogP contribution in [0, 0.1) is 0 Å². The fourth-order valence-corrected chi connectivity index (χ4v) is 2.59. The molecule has 124 valence electrons. The number of nitrogens with zero attached hydrogens (tertiary/aromatic N) is 1. The van der Waals surface area contributed by atoms with Crippen LogP contribution in [0.2, 0.25) is 10.0 Å². The number of fused-ring (bicyclic) bond motifs is 1. The zero-order valence-electron chi connectivity index (χ0n) is 12.8. The molecule has 7 heteroatoms. The first-order valence-corrected chi connectivity index (χ1v) is 8.10. The fraction of sp³-hybridized carbons (Fsp3) is 0.176. The molecule has 1 heterocycles. The van der Waals surface area contributed by atoms with Crippen LogP contribution >= 0.6 is 23.2 Å². The molecule has 1 atom stereocenters. The summed E-state index contributed by atoms with van der Waals surface area (Å²) in [7, 11) is 0. The smallest absolute Gasteiger partial charge is 0.258 e. The van der Waals surface area contributed by atoms with Crippen molar-refractivity contribution < 1.29 is 9.53 Å². The van der Waals surface area contributed by atoms with E-state index in [-0.39, 0.29) is 18.6 Å². The molecule has 3 rings (SSSR count). The van der Waals surface area contributed by atoms with Gasteiger partial charge in [-0.1, -0.05) is 35.3 Å². The lowest BCUT2D eigenvalue weighted by molar-refractivity contribution is -0.123. The SMILES string of the molecule is C[C@H](NC(=O)COc1cc(Cl)ccc1Cl)c1nc2ccccc2[nH]1. The van der Waals surface area contributed by atoms with E-state index in [4.69, 9.17) is 27.9 Å². The Balaban J connectivity index is 1.60. The van der Waals surface area contributed by atoms with Crippen molar-refractivity contribution in [3.8, 4) is 5.75 Å². The van der Waals surface area contributed by atoms with Gasteiger partial charge < -0.3 is 15.0 Å². The van der Waals surface area contributed by atoms with Crippen LogP contribution in [0.4, 0.5) is 0 Å². The molecule has 2 N–H and O–H groups in total. The van der Waals surface area contributed by atoms with Crippen LogP contribution < -0.4 is 10.1 Å². The molecule has 1 amide bonds. The zero-order valence-corrected chi connectivity index (χ0v) is 14.4. The van der Waals surface area contributed by atoms with Crippen molar-refractivity contribution in [3.05, 3.63) is 58.3 Å². The minimum Gasteiger partial charge on any atom is -0.482 e. The highest BCUT2D eigenvalue weighted by Gasteiger charge is 2.14. The van der Waals surface area contributed by atoms with E-state index in [1.165, 1.54) is 0 Å². The number of ether oxygens (including phenoxy) is 1. The number of carbonyl (C=O) groups excluding carboxylic acids is 1. The van der Waals surface area contributed by atoms with Crippen molar-refractivity contribution in [2.45, 2.75) is 13.0 Å². The third-order valence-corrected chi connectivity index (χ3v) is 3.99. The Morgan fingerprint density at radius 3 is 2.88 bits per heavy atom. The predicted octanol–water partition coefficient (Wildman–Crippen LogP) is 4.13. The maximum absolute atomic E-state index is 12.1. The number of carbonyl (C=O) groups is 1. The molecule has 24 heavy (non-hydrogen) atoms. The number of H-pyrrole nitrogens is 1. The molecule has 0 fully saturated rings. The molecule has 0 radical (unpaired) electrons. The molecule has 0 aliphatic carbocycles. The van der Waals surface area contributed by atoms with Gasteiger partial charge in [-0.2, -0.15) is 0 Å². The highest BCUT2D eigenvalue weighted by molar-refractivity contribution is 6.34. The maximum Gasteiger partial charge on any atom is 0.258 e. The molecule has 0 aliphatic heterocycles. The van der Waals surface area contributed by atoms with Gasteiger partial charge in [-0.05, 0) is 31.2 Å². The molecule has 0 saturated heterocycles. The van der Waals surface area contributed by atoms with E-state index in [1.807, 2.05) is 31.2 Å². The summed E-state index contributed by atoms with van der Waals surface area (Å²) in [6.07, 6.45) is 0. The predicted molar refractivity (Wildman–Crippen MR) is 94.6 cm³/mol. The zero-order chi connectivity index (χ0) is 17.1. The monoisotopic (exact) mass is 363 g/mol. The molecule has 0 saturated carbocycles. The van der Waals surface area contributed by atoms with Gasteiger partial charge in [0.1, 0.15) is 11.6 Å². The van der Waals surface area contributed by atoms with Gasteiger partial charge in [0.2, 0.25) is 0 Å². The topological polar surface area (TPSA) is 67.0 Å². The van der Waals surface area contributed by atoms with Crippen LogP contribution in [-0.2, 0) is 4.79 Å². The van der Waals surface area contributed by atoms with Gasteiger partial charge in [0.05, 0.1) is 22.1 Å². The Bertz CT molecular complexity index is 846. The minimum atomic E-state index is -0.279. The van der Waals surface area contributed by atoms with Crippen LogP contribution in [0.5, 0.6) is 5.75 Å². The highest BCUT2D eigenvalue weighted by atomic mass is 35.5. The third kappa shape index (κ3) is 3.80. The summed E-state index contributed by atoms with van der Waals surface area (Å²) >= 11 is 11.9. The van der Waals surface area contributed by atoms with Crippen molar-refractivity contribution in [1.29, 1.82) is 0 Å². The Labute approximate surface area is 148 Å². The Morgan fingerprint density at radius 2 is 2.08 bits per heavy atom. The number of amides is 1. The summed E-state index contributed by atoms with van der Waals surface area (Å²) in [5, 5.41) is 3.72. The first kappa shape index (κ1) is 16.6. The number of benzene rings is 2. The summed E-state index contributed by atoms with van der Waals surface area (Å²) in [5.74, 6) is 0.778. The second-order valence-corrected chi connectivity index (χ2v) is 6.14. The summed E-state index contributed by atoms with van der Waals surface area (Å²) in [5.41, 5.74) is 1.78. The van der Waals surface area contributed by atoms with Gasteiger partial charge in [-0.15, -0.1) is 0 Å². The van der Waals surface area contributed by atoms with Crippen molar-refractivity contribution >= 4 is 40.1 Å². The number of halogens is 2. The van der Waals surface area contributed by atoms with E-state index in [1.54, 1.807) is 18.2 Å². The highest BCUT2D eigenvalue weighted by Crippen LogP contribution is 2.27. The Morgan fingerprint density at radius 1 is 1.29 bits per heavy atom. The second-order valence-electron chi connectivity index (χ2n) is 5.29. The summed E-state index contributed by atoms with van der Waals surface area (Å²) < 4.78 is 5.42.